The van der Waals surface area contributed by atoms with Crippen molar-refractivity contribution in [1.82, 2.24) is 19.8 Å². The Morgan fingerprint density at radius 2 is 2.09 bits per heavy atom. The number of rotatable bonds is 7. The van der Waals surface area contributed by atoms with E-state index in [9.17, 15) is 4.79 Å². The first-order chi connectivity index (χ1) is 15.0. The molecule has 1 aliphatic rings. The van der Waals surface area contributed by atoms with Gasteiger partial charge in [-0.1, -0.05) is 27.7 Å². The van der Waals surface area contributed by atoms with Gasteiger partial charge in [0.25, 0.3) is 5.91 Å². The number of carbonyl (C=O) groups is 1. The van der Waals surface area contributed by atoms with Gasteiger partial charge < -0.3 is 21.2 Å². The first kappa shape index (κ1) is 22.3. The lowest BCUT2D eigenvalue weighted by Crippen LogP contribution is -2.51. The molecule has 3 heterocycles. The van der Waals surface area contributed by atoms with Crippen LogP contribution in [0.15, 0.2) is 22.9 Å². The van der Waals surface area contributed by atoms with Gasteiger partial charge in [-0.3, -0.25) is 4.79 Å². The number of nitrogens with one attached hydrogen (secondary N) is 1. The number of carbonyl (C=O) groups excluding carboxylic acids is 1. The van der Waals surface area contributed by atoms with Gasteiger partial charge in [0.05, 0.1) is 28.5 Å². The van der Waals surface area contributed by atoms with Gasteiger partial charge in [0.1, 0.15) is 0 Å². The molecular formula is C23H33N7O2. The molecule has 9 heteroatoms. The van der Waals surface area contributed by atoms with E-state index in [-0.39, 0.29) is 17.0 Å². The van der Waals surface area contributed by atoms with E-state index < -0.39 is 5.91 Å². The Balaban J connectivity index is 1.72. The second-order valence-corrected chi connectivity index (χ2v) is 10.2. The summed E-state index contributed by atoms with van der Waals surface area (Å²) in [6.07, 6.45) is 6.81. The normalized spacial score (nSPS) is 22.7. The third kappa shape index (κ3) is 3.85. The van der Waals surface area contributed by atoms with E-state index >= 15 is 0 Å². The van der Waals surface area contributed by atoms with Gasteiger partial charge in [-0.2, -0.15) is 5.10 Å². The van der Waals surface area contributed by atoms with Crippen molar-refractivity contribution in [2.45, 2.75) is 71.9 Å². The predicted octanol–water partition coefficient (Wildman–Crippen LogP) is 3.39. The molecule has 0 saturated heterocycles. The molecule has 0 bridgehead atoms. The molecule has 0 spiro atoms. The average molecular weight is 440 g/mol. The van der Waals surface area contributed by atoms with E-state index in [0.717, 1.165) is 36.8 Å². The van der Waals surface area contributed by atoms with Crippen molar-refractivity contribution in [2.24, 2.45) is 22.8 Å². The second kappa shape index (κ2) is 7.88. The van der Waals surface area contributed by atoms with Crippen molar-refractivity contribution in [3.05, 3.63) is 29.9 Å². The minimum absolute atomic E-state index is 0.0752. The Morgan fingerprint density at radius 1 is 1.34 bits per heavy atom. The molecule has 172 valence electrons. The second-order valence-electron chi connectivity index (χ2n) is 10.2. The van der Waals surface area contributed by atoms with Crippen LogP contribution < -0.4 is 16.8 Å². The molecule has 1 fully saturated rings. The number of anilines is 1. The summed E-state index contributed by atoms with van der Waals surface area (Å²) in [5.74, 6) is 1.06. The number of fused-ring (bicyclic) bond motifs is 1. The summed E-state index contributed by atoms with van der Waals surface area (Å²) < 4.78 is 7.57. The van der Waals surface area contributed by atoms with Crippen LogP contribution in [0.2, 0.25) is 0 Å². The van der Waals surface area contributed by atoms with Gasteiger partial charge >= 0.3 is 0 Å². The molecule has 32 heavy (non-hydrogen) atoms. The predicted molar refractivity (Wildman–Crippen MR) is 123 cm³/mol. The van der Waals surface area contributed by atoms with E-state index in [2.05, 4.69) is 55.2 Å². The fourth-order valence-electron chi connectivity index (χ4n) is 4.35. The van der Waals surface area contributed by atoms with Crippen LogP contribution in [0.4, 0.5) is 5.69 Å². The maximum absolute atomic E-state index is 12.2. The van der Waals surface area contributed by atoms with Crippen molar-refractivity contribution in [3.63, 3.8) is 0 Å². The van der Waals surface area contributed by atoms with Gasteiger partial charge in [0.15, 0.2) is 0 Å². The largest absolute Gasteiger partial charge is 0.421 e. The summed E-state index contributed by atoms with van der Waals surface area (Å²) in [5.41, 5.74) is 14.2. The van der Waals surface area contributed by atoms with Crippen LogP contribution in [-0.4, -0.2) is 37.3 Å². The SMILES string of the molecule is CC(C)CCc1nnc(-c2cc3c(N[C@@H]4CC[C@](C)(N)C4(C)C)c(C(N)=O)cnn3c2)o1. The summed E-state index contributed by atoms with van der Waals surface area (Å²) >= 11 is 0. The van der Waals surface area contributed by atoms with Crippen LogP contribution >= 0.6 is 0 Å². The minimum atomic E-state index is -0.537. The van der Waals surface area contributed by atoms with Gasteiger partial charge in [0.2, 0.25) is 11.8 Å². The molecule has 2 atom stereocenters. The van der Waals surface area contributed by atoms with Crippen molar-refractivity contribution in [1.29, 1.82) is 0 Å². The highest BCUT2D eigenvalue weighted by Gasteiger charge is 2.49. The van der Waals surface area contributed by atoms with Crippen molar-refractivity contribution >= 4 is 17.1 Å². The molecule has 0 aromatic carbocycles. The topological polar surface area (TPSA) is 137 Å². The maximum atomic E-state index is 12.2. The number of hydrogen-bond donors (Lipinski definition) is 3. The molecule has 1 amide bonds. The van der Waals surface area contributed by atoms with Gasteiger partial charge in [0, 0.05) is 29.6 Å². The number of hydrogen-bond acceptors (Lipinski definition) is 7. The monoisotopic (exact) mass is 439 g/mol. The number of amides is 1. The van der Waals surface area contributed by atoms with Crippen molar-refractivity contribution in [2.75, 3.05) is 5.32 Å². The summed E-state index contributed by atoms with van der Waals surface area (Å²) in [7, 11) is 0. The Kier molecular flexibility index (Phi) is 5.48. The van der Waals surface area contributed by atoms with Crippen LogP contribution in [0.25, 0.3) is 17.0 Å². The fraction of sp³-hybridized carbons (Fsp3) is 0.565. The lowest BCUT2D eigenvalue weighted by Gasteiger charge is -2.39. The highest BCUT2D eigenvalue weighted by molar-refractivity contribution is 6.02. The molecule has 3 aromatic heterocycles. The highest BCUT2D eigenvalue weighted by Crippen LogP contribution is 2.46. The lowest BCUT2D eigenvalue weighted by molar-refractivity contribution is 0.100. The average Bonchev–Trinajstić information content (AvgIpc) is 3.39. The van der Waals surface area contributed by atoms with Crippen LogP contribution in [0.3, 0.4) is 0 Å². The standard InChI is InChI=1S/C23H33N7O2/c1-13(2)6-7-18-28-29-21(32-18)14-10-16-19(15(20(24)31)11-26-30(16)12-14)27-17-8-9-23(5,25)22(17,3)4/h10-13,17,27H,6-9,25H2,1-5H3,(H2,24,31)/t17-,23+/m1/s1. The molecule has 1 saturated carbocycles. The number of nitrogens with zero attached hydrogens (tertiary/aromatic N) is 4. The van der Waals surface area contributed by atoms with E-state index in [1.807, 2.05) is 12.3 Å². The summed E-state index contributed by atoms with van der Waals surface area (Å²) in [6, 6.07) is 1.97. The zero-order valence-electron chi connectivity index (χ0n) is 19.5. The van der Waals surface area contributed by atoms with E-state index in [4.69, 9.17) is 15.9 Å². The van der Waals surface area contributed by atoms with Gasteiger partial charge in [-0.15, -0.1) is 10.2 Å². The molecule has 0 aliphatic heterocycles. The molecule has 3 aromatic rings. The lowest BCUT2D eigenvalue weighted by atomic mass is 9.75. The number of primary amides is 1. The van der Waals surface area contributed by atoms with Gasteiger partial charge in [-0.05, 0) is 38.2 Å². The first-order valence-electron chi connectivity index (χ1n) is 11.2. The zero-order chi connectivity index (χ0) is 23.3. The Labute approximate surface area is 187 Å². The molecular weight excluding hydrogens is 406 g/mol. The molecule has 9 nitrogen and oxygen atoms in total. The third-order valence-electron chi connectivity index (χ3n) is 7.17. The molecule has 1 aliphatic carbocycles. The van der Waals surface area contributed by atoms with E-state index in [0.29, 0.717) is 29.0 Å². The number of nitrogens with two attached hydrogens (primary N) is 2. The van der Waals surface area contributed by atoms with Crippen molar-refractivity contribution in [3.8, 4) is 11.5 Å². The van der Waals surface area contributed by atoms with Crippen LogP contribution in [0.5, 0.6) is 0 Å². The third-order valence-corrected chi connectivity index (χ3v) is 7.17. The Morgan fingerprint density at radius 3 is 2.72 bits per heavy atom. The zero-order valence-corrected chi connectivity index (χ0v) is 19.5. The van der Waals surface area contributed by atoms with Crippen LogP contribution in [0, 0.1) is 11.3 Å². The van der Waals surface area contributed by atoms with Gasteiger partial charge in [-0.25, -0.2) is 4.52 Å². The maximum Gasteiger partial charge on any atom is 0.252 e. The minimum Gasteiger partial charge on any atom is -0.421 e. The molecule has 4 rings (SSSR count). The Hall–Kier alpha value is -2.94. The molecule has 0 radical (unpaired) electrons. The van der Waals surface area contributed by atoms with Crippen molar-refractivity contribution < 1.29 is 9.21 Å². The Bertz CT molecular complexity index is 1140. The summed E-state index contributed by atoms with van der Waals surface area (Å²) in [4.78, 5) is 12.2. The quantitative estimate of drug-likeness (QED) is 0.513. The summed E-state index contributed by atoms with van der Waals surface area (Å²) in [6.45, 7) is 10.7. The smallest absolute Gasteiger partial charge is 0.252 e. The van der Waals surface area contributed by atoms with E-state index in [1.165, 1.54) is 6.20 Å². The molecule has 0 unspecified atom stereocenters. The fourth-order valence-corrected chi connectivity index (χ4v) is 4.35. The first-order valence-corrected chi connectivity index (χ1v) is 11.2. The number of aromatic nitrogens is 4. The van der Waals surface area contributed by atoms with Crippen LogP contribution in [0.1, 0.15) is 70.1 Å². The van der Waals surface area contributed by atoms with E-state index in [1.54, 1.807) is 4.52 Å². The van der Waals surface area contributed by atoms with Crippen LogP contribution in [-0.2, 0) is 6.42 Å². The number of aryl methyl sites for hydroxylation is 1. The highest BCUT2D eigenvalue weighted by atomic mass is 16.4. The summed E-state index contributed by atoms with van der Waals surface area (Å²) in [5, 5.41) is 16.3. The molecule has 5 N–H and O–H groups in total.